The molecule has 0 aliphatic carbocycles. The summed E-state index contributed by atoms with van der Waals surface area (Å²) in [6, 6.07) is 7.75. The first-order valence-electron chi connectivity index (χ1n) is 7.01. The third-order valence-electron chi connectivity index (χ3n) is 3.19. The molecule has 110 valence electrons. The summed E-state index contributed by atoms with van der Waals surface area (Å²) in [4.78, 5) is 13.8. The number of hydrogen-bond donors (Lipinski definition) is 2. The maximum Gasteiger partial charge on any atom is 0.230 e. The average molecular weight is 278 g/mol. The van der Waals surface area contributed by atoms with Crippen LogP contribution in [-0.2, 0) is 4.79 Å². The number of amides is 1. The Morgan fingerprint density at radius 3 is 2.90 bits per heavy atom. The zero-order valence-corrected chi connectivity index (χ0v) is 12.0. The van der Waals surface area contributed by atoms with Gasteiger partial charge in [0.1, 0.15) is 5.75 Å². The number of aliphatic hydroxyl groups is 1. The summed E-state index contributed by atoms with van der Waals surface area (Å²) in [6.07, 6.45) is -0.272. The van der Waals surface area contributed by atoms with E-state index in [2.05, 4.69) is 5.32 Å². The van der Waals surface area contributed by atoms with Crippen molar-refractivity contribution in [3.05, 3.63) is 24.3 Å². The predicted octanol–water partition coefficient (Wildman–Crippen LogP) is 1.16. The minimum absolute atomic E-state index is 0.0152. The van der Waals surface area contributed by atoms with E-state index >= 15 is 0 Å². The van der Waals surface area contributed by atoms with Gasteiger partial charge in [0.25, 0.3) is 0 Å². The molecule has 1 heterocycles. The van der Waals surface area contributed by atoms with Crippen molar-refractivity contribution in [1.29, 1.82) is 0 Å². The van der Waals surface area contributed by atoms with Crippen LogP contribution in [0.5, 0.6) is 5.75 Å². The van der Waals surface area contributed by atoms with E-state index in [0.717, 1.165) is 5.69 Å². The Morgan fingerprint density at radius 2 is 2.15 bits per heavy atom. The van der Waals surface area contributed by atoms with Crippen LogP contribution >= 0.6 is 0 Å². The van der Waals surface area contributed by atoms with Crippen LogP contribution in [0.1, 0.15) is 20.3 Å². The molecular weight excluding hydrogens is 256 g/mol. The first-order chi connectivity index (χ1) is 9.58. The second-order valence-electron chi connectivity index (χ2n) is 5.29. The molecule has 5 heteroatoms. The van der Waals surface area contributed by atoms with Gasteiger partial charge >= 0.3 is 0 Å². The highest BCUT2D eigenvalue weighted by atomic mass is 16.5. The topological polar surface area (TPSA) is 61.8 Å². The molecule has 0 saturated carbocycles. The van der Waals surface area contributed by atoms with E-state index in [0.29, 0.717) is 31.4 Å². The van der Waals surface area contributed by atoms with Crippen molar-refractivity contribution in [2.24, 2.45) is 0 Å². The molecule has 1 atom stereocenters. The summed E-state index contributed by atoms with van der Waals surface area (Å²) in [7, 11) is 0. The van der Waals surface area contributed by atoms with Gasteiger partial charge < -0.3 is 20.1 Å². The molecule has 0 fully saturated rings. The molecule has 20 heavy (non-hydrogen) atoms. The van der Waals surface area contributed by atoms with Crippen LogP contribution in [0, 0.1) is 0 Å². The molecule has 0 radical (unpaired) electrons. The van der Waals surface area contributed by atoms with E-state index in [4.69, 9.17) is 4.74 Å². The maximum atomic E-state index is 12.2. The van der Waals surface area contributed by atoms with Gasteiger partial charge in [-0.2, -0.15) is 0 Å². The Balaban J connectivity index is 2.10. The van der Waals surface area contributed by atoms with Crippen molar-refractivity contribution in [3.8, 4) is 5.75 Å². The average Bonchev–Trinajstić information content (AvgIpc) is 2.57. The van der Waals surface area contributed by atoms with Gasteiger partial charge in [0.05, 0.1) is 31.4 Å². The SMILES string of the molecule is CC(C)NCC(O)CN1C(=O)CCOc2ccccc21. The van der Waals surface area contributed by atoms with Gasteiger partial charge in [-0.3, -0.25) is 4.79 Å². The Morgan fingerprint density at radius 1 is 1.40 bits per heavy atom. The number of nitrogens with zero attached hydrogens (tertiary/aromatic N) is 1. The second-order valence-corrected chi connectivity index (χ2v) is 5.29. The maximum absolute atomic E-state index is 12.2. The molecule has 1 aliphatic rings. The van der Waals surface area contributed by atoms with Crippen molar-refractivity contribution in [2.75, 3.05) is 24.6 Å². The normalized spacial score (nSPS) is 16.6. The van der Waals surface area contributed by atoms with Crippen molar-refractivity contribution < 1.29 is 14.6 Å². The van der Waals surface area contributed by atoms with Gasteiger partial charge in [0, 0.05) is 12.6 Å². The van der Waals surface area contributed by atoms with E-state index in [9.17, 15) is 9.90 Å². The molecule has 5 nitrogen and oxygen atoms in total. The lowest BCUT2D eigenvalue weighted by atomic mass is 10.2. The second kappa shape index (κ2) is 6.72. The number of ether oxygens (including phenoxy) is 1. The summed E-state index contributed by atoms with van der Waals surface area (Å²) in [5, 5.41) is 13.3. The molecule has 1 amide bonds. The number of carbonyl (C=O) groups is 1. The Hall–Kier alpha value is -1.59. The van der Waals surface area contributed by atoms with Gasteiger partial charge in [0.15, 0.2) is 0 Å². The van der Waals surface area contributed by atoms with Gasteiger partial charge in [0.2, 0.25) is 5.91 Å². The van der Waals surface area contributed by atoms with Crippen molar-refractivity contribution >= 4 is 11.6 Å². The van der Waals surface area contributed by atoms with Crippen LogP contribution in [0.25, 0.3) is 0 Å². The molecule has 1 unspecified atom stereocenters. The number of rotatable bonds is 5. The summed E-state index contributed by atoms with van der Waals surface area (Å²) >= 11 is 0. The standard InChI is InChI=1S/C15H22N2O3/c1-11(2)16-9-12(18)10-17-13-5-3-4-6-14(13)20-8-7-15(17)19/h3-6,11-12,16,18H,7-10H2,1-2H3. The highest BCUT2D eigenvalue weighted by Gasteiger charge is 2.24. The highest BCUT2D eigenvalue weighted by Crippen LogP contribution is 2.30. The van der Waals surface area contributed by atoms with Crippen LogP contribution < -0.4 is 15.0 Å². The van der Waals surface area contributed by atoms with E-state index < -0.39 is 6.10 Å². The lowest BCUT2D eigenvalue weighted by molar-refractivity contribution is -0.119. The summed E-state index contributed by atoms with van der Waals surface area (Å²) < 4.78 is 5.57. The van der Waals surface area contributed by atoms with Crippen LogP contribution in [0.3, 0.4) is 0 Å². The predicted molar refractivity (Wildman–Crippen MR) is 78.1 cm³/mol. The van der Waals surface area contributed by atoms with Crippen molar-refractivity contribution in [2.45, 2.75) is 32.4 Å². The quantitative estimate of drug-likeness (QED) is 0.848. The summed E-state index contributed by atoms with van der Waals surface area (Å²) in [6.45, 7) is 5.16. The molecule has 0 bridgehead atoms. The molecule has 2 N–H and O–H groups in total. The van der Waals surface area contributed by atoms with Gasteiger partial charge in [-0.25, -0.2) is 0 Å². The first-order valence-corrected chi connectivity index (χ1v) is 7.01. The monoisotopic (exact) mass is 278 g/mol. The molecule has 2 rings (SSSR count). The zero-order chi connectivity index (χ0) is 14.5. The number of aliphatic hydroxyl groups excluding tert-OH is 1. The van der Waals surface area contributed by atoms with Gasteiger partial charge in [-0.05, 0) is 12.1 Å². The zero-order valence-electron chi connectivity index (χ0n) is 12.0. The fourth-order valence-corrected chi connectivity index (χ4v) is 2.17. The van der Waals surface area contributed by atoms with Crippen LogP contribution in [-0.4, -0.2) is 42.9 Å². The fraction of sp³-hybridized carbons (Fsp3) is 0.533. The Bertz CT molecular complexity index is 462. The van der Waals surface area contributed by atoms with Crippen LogP contribution in [0.2, 0.25) is 0 Å². The highest BCUT2D eigenvalue weighted by molar-refractivity contribution is 5.95. The number of nitrogens with one attached hydrogen (secondary N) is 1. The lowest BCUT2D eigenvalue weighted by Gasteiger charge is -2.25. The van der Waals surface area contributed by atoms with E-state index in [1.807, 2.05) is 38.1 Å². The summed E-state index contributed by atoms with van der Waals surface area (Å²) in [5.41, 5.74) is 0.735. The molecule has 1 aliphatic heterocycles. The smallest absolute Gasteiger partial charge is 0.230 e. The molecule has 0 saturated heterocycles. The minimum atomic E-state index is -0.604. The van der Waals surface area contributed by atoms with E-state index in [1.165, 1.54) is 0 Å². The van der Waals surface area contributed by atoms with Crippen LogP contribution in [0.4, 0.5) is 5.69 Å². The number of carbonyl (C=O) groups excluding carboxylic acids is 1. The van der Waals surface area contributed by atoms with E-state index in [1.54, 1.807) is 4.90 Å². The first kappa shape index (κ1) is 14.8. The van der Waals surface area contributed by atoms with Crippen molar-refractivity contribution in [3.63, 3.8) is 0 Å². The number of anilines is 1. The fourth-order valence-electron chi connectivity index (χ4n) is 2.17. The largest absolute Gasteiger partial charge is 0.491 e. The van der Waals surface area contributed by atoms with Gasteiger partial charge in [-0.1, -0.05) is 26.0 Å². The molecule has 0 aromatic heterocycles. The minimum Gasteiger partial charge on any atom is -0.491 e. The number of β-amino-alcohol motifs (C(OH)–C–C–N with tert-alkyl or cyclic N) is 1. The third-order valence-corrected chi connectivity index (χ3v) is 3.19. The van der Waals surface area contributed by atoms with E-state index in [-0.39, 0.29) is 12.5 Å². The third kappa shape index (κ3) is 3.71. The number of benzene rings is 1. The molecule has 0 spiro atoms. The van der Waals surface area contributed by atoms with Crippen LogP contribution in [0.15, 0.2) is 24.3 Å². The Labute approximate surface area is 119 Å². The molecule has 1 aromatic carbocycles. The Kier molecular flexibility index (Phi) is 4.98. The number of fused-ring (bicyclic) bond motifs is 1. The molecular formula is C15H22N2O3. The van der Waals surface area contributed by atoms with Gasteiger partial charge in [-0.15, -0.1) is 0 Å². The van der Waals surface area contributed by atoms with Crippen molar-refractivity contribution in [1.82, 2.24) is 5.32 Å². The molecule has 1 aromatic rings. The lowest BCUT2D eigenvalue weighted by Crippen LogP contribution is -2.42. The number of hydrogen-bond acceptors (Lipinski definition) is 4. The summed E-state index contributed by atoms with van der Waals surface area (Å²) in [5.74, 6) is 0.681. The number of para-hydroxylation sites is 2.